The number of tetrazole rings is 1. The molecule has 150 valence electrons. The smallest absolute Gasteiger partial charge is 0.233 e. The molecule has 29 heavy (non-hydrogen) atoms. The summed E-state index contributed by atoms with van der Waals surface area (Å²) in [7, 11) is 0. The summed E-state index contributed by atoms with van der Waals surface area (Å²) >= 11 is 1.35. The van der Waals surface area contributed by atoms with Crippen molar-refractivity contribution < 1.29 is 4.79 Å². The molecule has 1 fully saturated rings. The fourth-order valence-corrected chi connectivity index (χ4v) is 3.91. The minimum atomic E-state index is 0.0817. The maximum atomic E-state index is 12.7. The van der Waals surface area contributed by atoms with Crippen LogP contribution >= 0.6 is 11.8 Å². The average molecular weight is 411 g/mol. The Bertz CT molecular complexity index is 985. The molecule has 0 atom stereocenters. The molecule has 0 spiro atoms. The predicted molar refractivity (Wildman–Crippen MR) is 110 cm³/mol. The van der Waals surface area contributed by atoms with Crippen molar-refractivity contribution in [3.63, 3.8) is 0 Å². The van der Waals surface area contributed by atoms with E-state index in [1.54, 1.807) is 23.1 Å². The van der Waals surface area contributed by atoms with E-state index in [0.717, 1.165) is 18.8 Å². The molecule has 1 aliphatic heterocycles. The molecule has 0 N–H and O–H groups in total. The van der Waals surface area contributed by atoms with Gasteiger partial charge in [-0.3, -0.25) is 4.79 Å². The van der Waals surface area contributed by atoms with Gasteiger partial charge in [0.05, 0.1) is 11.4 Å². The topological polar surface area (TPSA) is 92.9 Å². The molecule has 9 nitrogen and oxygen atoms in total. The van der Waals surface area contributed by atoms with E-state index in [1.807, 2.05) is 23.1 Å². The van der Waals surface area contributed by atoms with Crippen molar-refractivity contribution in [3.05, 3.63) is 47.8 Å². The first-order valence-corrected chi connectivity index (χ1v) is 10.4. The van der Waals surface area contributed by atoms with Gasteiger partial charge < -0.3 is 9.80 Å². The van der Waals surface area contributed by atoms with Gasteiger partial charge in [0.25, 0.3) is 0 Å². The summed E-state index contributed by atoms with van der Waals surface area (Å²) in [6.07, 6.45) is 3.46. The first-order valence-electron chi connectivity index (χ1n) is 9.40. The van der Waals surface area contributed by atoms with Crippen LogP contribution in [0.5, 0.6) is 0 Å². The van der Waals surface area contributed by atoms with Gasteiger partial charge in [-0.2, -0.15) is 4.68 Å². The summed E-state index contributed by atoms with van der Waals surface area (Å²) in [4.78, 5) is 25.2. The van der Waals surface area contributed by atoms with Crippen molar-refractivity contribution >= 4 is 23.6 Å². The Morgan fingerprint density at radius 2 is 1.83 bits per heavy atom. The number of amides is 1. The zero-order valence-corrected chi connectivity index (χ0v) is 17.2. The number of carbonyl (C=O) groups is 1. The molecule has 1 saturated heterocycles. The molecular formula is C19H22N8OS. The number of benzene rings is 1. The maximum absolute atomic E-state index is 12.7. The van der Waals surface area contributed by atoms with Crippen LogP contribution in [0.15, 0.2) is 41.8 Å². The van der Waals surface area contributed by atoms with Gasteiger partial charge in [-0.25, -0.2) is 9.97 Å². The summed E-state index contributed by atoms with van der Waals surface area (Å²) in [5.74, 6) is 1.09. The van der Waals surface area contributed by atoms with Crippen molar-refractivity contribution in [1.82, 2.24) is 35.1 Å². The van der Waals surface area contributed by atoms with Crippen molar-refractivity contribution in [1.29, 1.82) is 0 Å². The van der Waals surface area contributed by atoms with Gasteiger partial charge in [-0.1, -0.05) is 17.8 Å². The quantitative estimate of drug-likeness (QED) is 0.585. The molecule has 10 heteroatoms. The molecule has 3 heterocycles. The van der Waals surface area contributed by atoms with E-state index in [4.69, 9.17) is 0 Å². The summed E-state index contributed by atoms with van der Waals surface area (Å²) in [6.45, 7) is 6.87. The third kappa shape index (κ3) is 4.37. The second-order valence-electron chi connectivity index (χ2n) is 6.85. The van der Waals surface area contributed by atoms with Crippen LogP contribution in [0.2, 0.25) is 0 Å². The van der Waals surface area contributed by atoms with E-state index in [-0.39, 0.29) is 5.91 Å². The van der Waals surface area contributed by atoms with Crippen molar-refractivity contribution in [3.8, 4) is 5.69 Å². The van der Waals surface area contributed by atoms with Gasteiger partial charge in [-0.15, -0.1) is 5.10 Å². The lowest BCUT2D eigenvalue weighted by Gasteiger charge is -2.34. The number of carbonyl (C=O) groups excluding carboxylic acids is 1. The number of aromatic nitrogens is 6. The number of aryl methyl sites for hydroxylation is 2. The monoisotopic (exact) mass is 410 g/mol. The van der Waals surface area contributed by atoms with Crippen LogP contribution in [0.3, 0.4) is 0 Å². The van der Waals surface area contributed by atoms with Crippen LogP contribution in [0.25, 0.3) is 5.69 Å². The number of hydrogen-bond acceptors (Lipinski definition) is 8. The van der Waals surface area contributed by atoms with Crippen molar-refractivity contribution in [2.45, 2.75) is 19.0 Å². The molecular weight excluding hydrogens is 388 g/mol. The first-order chi connectivity index (χ1) is 14.1. The van der Waals surface area contributed by atoms with E-state index < -0.39 is 0 Å². The fourth-order valence-electron chi connectivity index (χ4n) is 3.12. The standard InChI is InChI=1S/C19H22N8OS/c1-14-4-5-16(12-15(14)2)27-19(22-23-24-27)29-13-17(28)25-8-10-26(11-9-25)18-20-6-3-7-21-18/h3-7,12H,8-11,13H2,1-2H3. The molecule has 0 unspecified atom stereocenters. The number of anilines is 1. The number of hydrogen-bond donors (Lipinski definition) is 0. The highest BCUT2D eigenvalue weighted by Gasteiger charge is 2.23. The number of thioether (sulfide) groups is 1. The zero-order valence-electron chi connectivity index (χ0n) is 16.4. The molecule has 1 aromatic carbocycles. The van der Waals surface area contributed by atoms with Crippen LogP contribution in [0.4, 0.5) is 5.95 Å². The Labute approximate surface area is 173 Å². The van der Waals surface area contributed by atoms with Crippen LogP contribution < -0.4 is 4.90 Å². The third-order valence-corrected chi connectivity index (χ3v) is 5.87. The summed E-state index contributed by atoms with van der Waals surface area (Å²) in [5.41, 5.74) is 3.28. The Hall–Kier alpha value is -3.01. The largest absolute Gasteiger partial charge is 0.338 e. The van der Waals surface area contributed by atoms with Gasteiger partial charge in [0.15, 0.2) is 0 Å². The second kappa shape index (κ2) is 8.56. The van der Waals surface area contributed by atoms with Gasteiger partial charge in [0.1, 0.15) is 0 Å². The number of piperazine rings is 1. The molecule has 0 bridgehead atoms. The molecule has 4 rings (SSSR count). The van der Waals surface area contributed by atoms with Gasteiger partial charge >= 0.3 is 0 Å². The highest BCUT2D eigenvalue weighted by molar-refractivity contribution is 7.99. The summed E-state index contributed by atoms with van der Waals surface area (Å²) in [5, 5.41) is 12.6. The third-order valence-electron chi connectivity index (χ3n) is 4.97. The lowest BCUT2D eigenvalue weighted by molar-refractivity contribution is -0.128. The Morgan fingerprint density at radius 3 is 2.55 bits per heavy atom. The van der Waals surface area contributed by atoms with E-state index in [2.05, 4.69) is 44.2 Å². The van der Waals surface area contributed by atoms with E-state index in [1.165, 1.54) is 22.9 Å². The molecule has 0 radical (unpaired) electrons. The zero-order chi connectivity index (χ0) is 20.2. The van der Waals surface area contributed by atoms with Crippen LogP contribution in [0, 0.1) is 13.8 Å². The molecule has 1 amide bonds. The molecule has 3 aromatic rings. The maximum Gasteiger partial charge on any atom is 0.233 e. The number of nitrogens with zero attached hydrogens (tertiary/aromatic N) is 8. The molecule has 1 aliphatic rings. The lowest BCUT2D eigenvalue weighted by Crippen LogP contribution is -2.49. The van der Waals surface area contributed by atoms with E-state index in [0.29, 0.717) is 29.9 Å². The predicted octanol–water partition coefficient (Wildman–Crippen LogP) is 1.51. The molecule has 2 aromatic heterocycles. The Morgan fingerprint density at radius 1 is 1.07 bits per heavy atom. The summed E-state index contributed by atoms with van der Waals surface area (Å²) in [6, 6.07) is 7.87. The van der Waals surface area contributed by atoms with Gasteiger partial charge in [0.2, 0.25) is 17.0 Å². The molecule has 0 saturated carbocycles. The van der Waals surface area contributed by atoms with Gasteiger partial charge in [-0.05, 0) is 53.6 Å². The van der Waals surface area contributed by atoms with Gasteiger partial charge in [0, 0.05) is 38.6 Å². The van der Waals surface area contributed by atoms with Crippen LogP contribution in [-0.2, 0) is 4.79 Å². The van der Waals surface area contributed by atoms with E-state index >= 15 is 0 Å². The van der Waals surface area contributed by atoms with Crippen molar-refractivity contribution in [2.75, 3.05) is 36.8 Å². The number of rotatable bonds is 5. The minimum absolute atomic E-state index is 0.0817. The fraction of sp³-hybridized carbons (Fsp3) is 0.368. The first kappa shape index (κ1) is 19.3. The summed E-state index contributed by atoms with van der Waals surface area (Å²) < 4.78 is 1.68. The highest BCUT2D eigenvalue weighted by Crippen LogP contribution is 2.21. The molecule has 0 aliphatic carbocycles. The SMILES string of the molecule is Cc1ccc(-n2nnnc2SCC(=O)N2CCN(c3ncccn3)CC2)cc1C. The lowest BCUT2D eigenvalue weighted by atomic mass is 10.1. The average Bonchev–Trinajstić information content (AvgIpc) is 3.23. The second-order valence-corrected chi connectivity index (χ2v) is 7.79. The van der Waals surface area contributed by atoms with E-state index in [9.17, 15) is 4.79 Å². The minimum Gasteiger partial charge on any atom is -0.338 e. The normalized spacial score (nSPS) is 14.3. The van der Waals surface area contributed by atoms with Crippen molar-refractivity contribution in [2.24, 2.45) is 0 Å². The Kier molecular flexibility index (Phi) is 5.70. The Balaban J connectivity index is 1.34. The highest BCUT2D eigenvalue weighted by atomic mass is 32.2. The van der Waals surface area contributed by atoms with Crippen LogP contribution in [0.1, 0.15) is 11.1 Å². The van der Waals surface area contributed by atoms with Crippen LogP contribution in [-0.4, -0.2) is 72.9 Å².